The lowest BCUT2D eigenvalue weighted by Gasteiger charge is -2.23. The molecule has 242 valence electrons. The second-order valence-corrected chi connectivity index (χ2v) is 12.0. The number of ether oxygens (including phenoxy) is 1. The second-order valence-electron chi connectivity index (χ2n) is 12.0. The molecule has 4 amide bonds. The first kappa shape index (κ1) is 35.2. The summed E-state index contributed by atoms with van der Waals surface area (Å²) in [5.41, 5.74) is 8.01. The Morgan fingerprint density at radius 1 is 1.07 bits per heavy atom. The van der Waals surface area contributed by atoms with Crippen LogP contribution < -0.4 is 21.7 Å². The van der Waals surface area contributed by atoms with E-state index in [0.717, 1.165) is 11.1 Å². The van der Waals surface area contributed by atoms with Gasteiger partial charge in [-0.1, -0.05) is 74.0 Å². The zero-order chi connectivity index (χ0) is 34.0. The molecule has 0 saturated heterocycles. The van der Waals surface area contributed by atoms with Gasteiger partial charge in [-0.05, 0) is 42.5 Å². The Hall–Kier alpha value is -5.28. The highest BCUT2D eigenvalue weighted by molar-refractivity contribution is 6.06. The van der Waals surface area contributed by atoms with Crippen LogP contribution in [0.25, 0.3) is 0 Å². The maximum Gasteiger partial charge on any atom is 0.271 e. The molecule has 3 rings (SSSR count). The molecule has 12 heteroatoms. The molecule has 12 nitrogen and oxygen atoms in total. The lowest BCUT2D eigenvalue weighted by Crippen LogP contribution is -2.49. The lowest BCUT2D eigenvalue weighted by molar-refractivity contribution is -0.130. The number of carbonyl (C=O) groups is 4. The Bertz CT molecular complexity index is 1650. The highest BCUT2D eigenvalue weighted by atomic mass is 16.5. The van der Waals surface area contributed by atoms with Crippen molar-refractivity contribution in [2.75, 3.05) is 19.0 Å². The number of aromatic nitrogens is 1. The molecule has 0 aliphatic heterocycles. The van der Waals surface area contributed by atoms with Crippen molar-refractivity contribution < 1.29 is 28.4 Å². The number of nitrogens with two attached hydrogens (primary N) is 1. The standard InChI is InChI=1S/C34H40N6O6/c1-20-10-12-22(13-11-20)18-37-33(44)27(39-32(43)26(19-45-6)28-21(2)46-40-29(28)30(36)41)15-23-8-7-9-25(14-23)38-31(42)24(17-35)16-34(3,4)5/h7-14,16,26-27H,15,18-19H2,1-6H3,(H2,36,41)(H,37,44)(H,38,42)(H,39,43)/t26-,27+/m1/s1. The number of benzene rings is 2. The minimum atomic E-state index is -1.07. The van der Waals surface area contributed by atoms with Gasteiger partial charge >= 0.3 is 0 Å². The van der Waals surface area contributed by atoms with Crippen LogP contribution in [0.15, 0.2) is 64.7 Å². The highest BCUT2D eigenvalue weighted by Gasteiger charge is 2.33. The monoisotopic (exact) mass is 628 g/mol. The Labute approximate surface area is 268 Å². The molecule has 0 fully saturated rings. The molecule has 5 N–H and O–H groups in total. The first-order valence-electron chi connectivity index (χ1n) is 14.6. The predicted molar refractivity (Wildman–Crippen MR) is 171 cm³/mol. The van der Waals surface area contributed by atoms with Crippen LogP contribution in [0.5, 0.6) is 0 Å². The van der Waals surface area contributed by atoms with Crippen LogP contribution in [-0.4, -0.2) is 48.5 Å². The van der Waals surface area contributed by atoms with Crippen molar-refractivity contribution in [3.8, 4) is 6.07 Å². The Morgan fingerprint density at radius 2 is 1.76 bits per heavy atom. The van der Waals surface area contributed by atoms with Crippen LogP contribution in [-0.2, 0) is 32.1 Å². The average molecular weight is 629 g/mol. The number of carbonyl (C=O) groups excluding carboxylic acids is 4. The van der Waals surface area contributed by atoms with E-state index < -0.39 is 35.6 Å². The number of amides is 4. The van der Waals surface area contributed by atoms with Gasteiger partial charge in [0.2, 0.25) is 11.8 Å². The molecule has 1 heterocycles. The molecule has 0 bridgehead atoms. The summed E-state index contributed by atoms with van der Waals surface area (Å²) in [5, 5.41) is 21.6. The van der Waals surface area contributed by atoms with Crippen molar-refractivity contribution >= 4 is 29.3 Å². The molecule has 0 saturated carbocycles. The van der Waals surface area contributed by atoms with E-state index in [0.29, 0.717) is 11.3 Å². The SMILES string of the molecule is COC[C@@H](C(=O)N[C@@H](Cc1cccc(NC(=O)C(C#N)=CC(C)(C)C)c1)C(=O)NCc1ccc(C)cc1)c1c(C(N)=O)noc1C. The summed E-state index contributed by atoms with van der Waals surface area (Å²) in [5.74, 6) is -3.35. The largest absolute Gasteiger partial charge is 0.384 e. The maximum absolute atomic E-state index is 13.7. The molecule has 2 aromatic carbocycles. The van der Waals surface area contributed by atoms with Crippen molar-refractivity contribution in [1.29, 1.82) is 5.26 Å². The van der Waals surface area contributed by atoms with Gasteiger partial charge in [0, 0.05) is 31.3 Å². The van der Waals surface area contributed by atoms with Crippen molar-refractivity contribution in [2.24, 2.45) is 11.1 Å². The summed E-state index contributed by atoms with van der Waals surface area (Å²) in [6.45, 7) is 9.23. The van der Waals surface area contributed by atoms with E-state index in [4.69, 9.17) is 15.0 Å². The molecular weight excluding hydrogens is 588 g/mol. The molecule has 3 aromatic rings. The van der Waals surface area contributed by atoms with E-state index in [1.54, 1.807) is 37.3 Å². The minimum absolute atomic E-state index is 0.0259. The van der Waals surface area contributed by atoms with Gasteiger partial charge in [-0.15, -0.1) is 0 Å². The predicted octanol–water partition coefficient (Wildman–Crippen LogP) is 3.60. The second kappa shape index (κ2) is 15.6. The molecule has 0 aliphatic carbocycles. The first-order chi connectivity index (χ1) is 21.7. The fraction of sp³-hybridized carbons (Fsp3) is 0.353. The minimum Gasteiger partial charge on any atom is -0.384 e. The molecule has 0 radical (unpaired) electrons. The normalized spacial score (nSPS) is 12.8. The van der Waals surface area contributed by atoms with Crippen LogP contribution in [0.4, 0.5) is 5.69 Å². The number of nitriles is 1. The Morgan fingerprint density at radius 3 is 2.37 bits per heavy atom. The summed E-state index contributed by atoms with van der Waals surface area (Å²) in [6, 6.07) is 15.3. The number of hydrogen-bond acceptors (Lipinski definition) is 8. The third kappa shape index (κ3) is 9.87. The maximum atomic E-state index is 13.7. The highest BCUT2D eigenvalue weighted by Crippen LogP contribution is 2.25. The smallest absolute Gasteiger partial charge is 0.271 e. The number of methoxy groups -OCH3 is 1. The zero-order valence-corrected chi connectivity index (χ0v) is 26.9. The van der Waals surface area contributed by atoms with E-state index >= 15 is 0 Å². The van der Waals surface area contributed by atoms with Crippen LogP contribution >= 0.6 is 0 Å². The number of nitrogens with zero attached hydrogens (tertiary/aromatic N) is 2. The van der Waals surface area contributed by atoms with Crippen molar-refractivity contribution in [3.05, 3.63) is 93.9 Å². The number of anilines is 1. The number of primary amides is 1. The number of nitrogens with one attached hydrogen (secondary N) is 3. The van der Waals surface area contributed by atoms with E-state index in [1.165, 1.54) is 7.11 Å². The number of allylic oxidation sites excluding steroid dienone is 1. The summed E-state index contributed by atoms with van der Waals surface area (Å²) >= 11 is 0. The van der Waals surface area contributed by atoms with E-state index in [-0.39, 0.29) is 47.6 Å². The first-order valence-corrected chi connectivity index (χ1v) is 14.6. The van der Waals surface area contributed by atoms with Crippen LogP contribution in [0, 0.1) is 30.6 Å². The fourth-order valence-corrected chi connectivity index (χ4v) is 4.72. The zero-order valence-electron chi connectivity index (χ0n) is 26.9. The summed E-state index contributed by atoms with van der Waals surface area (Å²) in [4.78, 5) is 52.2. The van der Waals surface area contributed by atoms with Gasteiger partial charge in [0.1, 0.15) is 23.4 Å². The Balaban J connectivity index is 1.90. The van der Waals surface area contributed by atoms with Crippen LogP contribution in [0.3, 0.4) is 0 Å². The van der Waals surface area contributed by atoms with Crippen molar-refractivity contribution in [2.45, 2.75) is 59.5 Å². The number of hydrogen-bond donors (Lipinski definition) is 4. The van der Waals surface area contributed by atoms with Gasteiger partial charge in [0.15, 0.2) is 5.69 Å². The molecule has 46 heavy (non-hydrogen) atoms. The summed E-state index contributed by atoms with van der Waals surface area (Å²) in [7, 11) is 1.40. The van der Waals surface area contributed by atoms with Gasteiger partial charge in [-0.25, -0.2) is 0 Å². The summed E-state index contributed by atoms with van der Waals surface area (Å²) < 4.78 is 10.4. The fourth-order valence-electron chi connectivity index (χ4n) is 4.72. The van der Waals surface area contributed by atoms with E-state index in [9.17, 15) is 24.4 Å². The number of rotatable bonds is 13. The molecule has 0 spiro atoms. The van der Waals surface area contributed by atoms with Gasteiger partial charge in [-0.2, -0.15) is 5.26 Å². The van der Waals surface area contributed by atoms with Crippen molar-refractivity contribution in [1.82, 2.24) is 15.8 Å². The third-order valence-corrected chi connectivity index (χ3v) is 6.93. The number of aryl methyl sites for hydroxylation is 2. The van der Waals surface area contributed by atoms with E-state index in [1.807, 2.05) is 58.0 Å². The van der Waals surface area contributed by atoms with Gasteiger partial charge in [0.25, 0.3) is 11.8 Å². The van der Waals surface area contributed by atoms with E-state index in [2.05, 4.69) is 21.1 Å². The summed E-state index contributed by atoms with van der Waals surface area (Å²) in [6.07, 6.45) is 1.64. The Kier molecular flexibility index (Phi) is 12.0. The molecule has 0 aliphatic rings. The van der Waals surface area contributed by atoms with Crippen LogP contribution in [0.2, 0.25) is 0 Å². The van der Waals surface area contributed by atoms with Gasteiger partial charge < -0.3 is 30.9 Å². The lowest BCUT2D eigenvalue weighted by atomic mass is 9.93. The quantitative estimate of drug-likeness (QED) is 0.163. The molecular formula is C34H40N6O6. The third-order valence-electron chi connectivity index (χ3n) is 6.93. The molecule has 2 atom stereocenters. The van der Waals surface area contributed by atoms with Gasteiger partial charge in [0.05, 0.1) is 12.5 Å². The topological polar surface area (TPSA) is 189 Å². The molecule has 0 unspecified atom stereocenters. The molecule has 1 aromatic heterocycles. The van der Waals surface area contributed by atoms with Crippen LogP contribution in [0.1, 0.15) is 65.2 Å². The average Bonchev–Trinajstić information content (AvgIpc) is 3.38. The van der Waals surface area contributed by atoms with Crippen molar-refractivity contribution in [3.63, 3.8) is 0 Å². The van der Waals surface area contributed by atoms with Gasteiger partial charge in [-0.3, -0.25) is 19.2 Å².